The minimum Gasteiger partial charge on any atom is -0.394 e. The molecule has 0 aliphatic rings. The zero-order valence-electron chi connectivity index (χ0n) is 14.1. The lowest BCUT2D eigenvalue weighted by molar-refractivity contribution is 0.0798. The highest BCUT2D eigenvalue weighted by Crippen LogP contribution is 2.27. The molecule has 0 fully saturated rings. The van der Waals surface area contributed by atoms with Crippen molar-refractivity contribution in [3.8, 4) is 0 Å². The van der Waals surface area contributed by atoms with E-state index in [4.69, 9.17) is 16.7 Å². The van der Waals surface area contributed by atoms with Crippen LogP contribution in [-0.2, 0) is 7.05 Å². The number of rotatable bonds is 6. The van der Waals surface area contributed by atoms with Gasteiger partial charge in [0.25, 0.3) is 11.5 Å². The second kappa shape index (κ2) is 8.26. The van der Waals surface area contributed by atoms with E-state index in [1.54, 1.807) is 13.0 Å². The molecule has 0 radical (unpaired) electrons. The van der Waals surface area contributed by atoms with Gasteiger partial charge in [0.05, 0.1) is 24.1 Å². The lowest BCUT2D eigenvalue weighted by Crippen LogP contribution is -2.36. The van der Waals surface area contributed by atoms with Crippen molar-refractivity contribution in [3.05, 3.63) is 50.7 Å². The average molecular weight is 385 g/mol. The zero-order chi connectivity index (χ0) is 19.4. The number of carbonyl (C=O) groups is 1. The van der Waals surface area contributed by atoms with E-state index >= 15 is 0 Å². The summed E-state index contributed by atoms with van der Waals surface area (Å²) in [7, 11) is 1.31. The molecule has 26 heavy (non-hydrogen) atoms. The smallest absolute Gasteiger partial charge is 0.287 e. The molecule has 2 rings (SSSR count). The Hall–Kier alpha value is -2.49. The maximum Gasteiger partial charge on any atom is 0.287 e. The minimum absolute atomic E-state index is 0.0111. The predicted octanol–water partition coefficient (Wildman–Crippen LogP) is 0.708. The quantitative estimate of drug-likeness (QED) is 0.583. The molecule has 140 valence electrons. The van der Waals surface area contributed by atoms with Gasteiger partial charge in [-0.05, 0) is 24.6 Å². The highest BCUT2D eigenvalue weighted by molar-refractivity contribution is 6.34. The molecule has 8 nitrogen and oxygen atoms in total. The van der Waals surface area contributed by atoms with Gasteiger partial charge in [0.1, 0.15) is 10.8 Å². The summed E-state index contributed by atoms with van der Waals surface area (Å²) in [6.45, 7) is 0.933. The summed E-state index contributed by atoms with van der Waals surface area (Å²) in [6.07, 6.45) is -1.16. The van der Waals surface area contributed by atoms with Gasteiger partial charge in [0, 0.05) is 13.6 Å². The molecule has 1 aromatic heterocycles. The summed E-state index contributed by atoms with van der Waals surface area (Å²) in [5.74, 6) is -1.35. The molecule has 2 aromatic rings. The number of benzene rings is 1. The Morgan fingerprint density at radius 3 is 2.77 bits per heavy atom. The normalized spacial score (nSPS) is 11.9. The number of aliphatic hydroxyl groups is 2. The van der Waals surface area contributed by atoms with Gasteiger partial charge in [-0.15, -0.1) is 0 Å². The molecule has 1 heterocycles. The third kappa shape index (κ3) is 4.37. The highest BCUT2D eigenvalue weighted by atomic mass is 35.5. The number of aryl methyl sites for hydroxylation is 2. The molecular weight excluding hydrogens is 367 g/mol. The van der Waals surface area contributed by atoms with E-state index in [-0.39, 0.29) is 28.6 Å². The molecule has 0 spiro atoms. The van der Waals surface area contributed by atoms with Gasteiger partial charge < -0.3 is 20.8 Å². The second-order valence-electron chi connectivity index (χ2n) is 5.62. The standard InChI is InChI=1S/C16H18ClFN4O4/c1-8-3-4-11(10(18)5-8)20-13-12(17)16(26)22(2)21-14(13)15(25)19-6-9(24)7-23/h3-5,9,20,23-24H,6-7H2,1-2H3,(H,19,25)/t9-/m0/s1. The van der Waals surface area contributed by atoms with Crippen LogP contribution >= 0.6 is 11.6 Å². The Labute approximate surface area is 153 Å². The predicted molar refractivity (Wildman–Crippen MR) is 94.3 cm³/mol. The minimum atomic E-state index is -1.16. The third-order valence-corrected chi connectivity index (χ3v) is 3.85. The second-order valence-corrected chi connectivity index (χ2v) is 6.00. The number of halogens is 2. The van der Waals surface area contributed by atoms with E-state index in [0.29, 0.717) is 5.56 Å². The van der Waals surface area contributed by atoms with Crippen LogP contribution in [0.2, 0.25) is 5.02 Å². The molecular formula is C16H18ClFN4O4. The lowest BCUT2D eigenvalue weighted by Gasteiger charge is -2.15. The van der Waals surface area contributed by atoms with Crippen LogP contribution in [0.15, 0.2) is 23.0 Å². The van der Waals surface area contributed by atoms with E-state index in [1.807, 2.05) is 0 Å². The first-order valence-corrected chi connectivity index (χ1v) is 7.99. The van der Waals surface area contributed by atoms with Crippen molar-refractivity contribution in [2.45, 2.75) is 13.0 Å². The Kier molecular flexibility index (Phi) is 6.30. The maximum absolute atomic E-state index is 14.1. The Morgan fingerprint density at radius 1 is 1.46 bits per heavy atom. The summed E-state index contributed by atoms with van der Waals surface area (Å²) in [4.78, 5) is 24.4. The van der Waals surface area contributed by atoms with E-state index < -0.39 is 30.0 Å². The summed E-state index contributed by atoms with van der Waals surface area (Å²) in [6, 6.07) is 4.36. The van der Waals surface area contributed by atoms with Gasteiger partial charge in [-0.3, -0.25) is 9.59 Å². The molecule has 1 aromatic carbocycles. The molecule has 1 amide bonds. The van der Waals surface area contributed by atoms with Crippen LogP contribution in [0.4, 0.5) is 15.8 Å². The first-order chi connectivity index (χ1) is 12.2. The molecule has 4 N–H and O–H groups in total. The summed E-state index contributed by atoms with van der Waals surface area (Å²) >= 11 is 6.04. The first kappa shape index (κ1) is 19.8. The van der Waals surface area contributed by atoms with Crippen molar-refractivity contribution < 1.29 is 19.4 Å². The Morgan fingerprint density at radius 2 is 2.15 bits per heavy atom. The number of hydrogen-bond acceptors (Lipinski definition) is 6. The molecule has 0 bridgehead atoms. The zero-order valence-corrected chi connectivity index (χ0v) is 14.8. The maximum atomic E-state index is 14.1. The lowest BCUT2D eigenvalue weighted by atomic mass is 10.2. The van der Waals surface area contributed by atoms with Crippen molar-refractivity contribution >= 4 is 28.9 Å². The number of aromatic nitrogens is 2. The highest BCUT2D eigenvalue weighted by Gasteiger charge is 2.22. The number of anilines is 2. The fraction of sp³-hybridized carbons (Fsp3) is 0.312. The Balaban J connectivity index is 2.44. The van der Waals surface area contributed by atoms with Crippen LogP contribution < -0.4 is 16.2 Å². The number of nitrogens with zero attached hydrogens (tertiary/aromatic N) is 2. The van der Waals surface area contributed by atoms with Gasteiger partial charge in [0.15, 0.2) is 5.69 Å². The van der Waals surface area contributed by atoms with Crippen LogP contribution in [0.5, 0.6) is 0 Å². The van der Waals surface area contributed by atoms with Crippen LogP contribution in [0, 0.1) is 12.7 Å². The molecule has 0 aliphatic carbocycles. The van der Waals surface area contributed by atoms with Crippen LogP contribution in [0.1, 0.15) is 16.1 Å². The molecule has 1 atom stereocenters. The van der Waals surface area contributed by atoms with E-state index in [2.05, 4.69) is 15.7 Å². The number of amides is 1. The summed E-state index contributed by atoms with van der Waals surface area (Å²) in [5, 5.41) is 26.7. The van der Waals surface area contributed by atoms with E-state index in [9.17, 15) is 19.1 Å². The van der Waals surface area contributed by atoms with E-state index in [0.717, 1.165) is 4.68 Å². The SMILES string of the molecule is Cc1ccc(Nc2c(C(=O)NC[C@H](O)CO)nn(C)c(=O)c2Cl)c(F)c1. The number of carbonyl (C=O) groups excluding carboxylic acids is 1. The van der Waals surface area contributed by atoms with Crippen LogP contribution in [-0.4, -0.2) is 45.2 Å². The van der Waals surface area contributed by atoms with Gasteiger partial charge >= 0.3 is 0 Å². The summed E-state index contributed by atoms with van der Waals surface area (Å²) < 4.78 is 15.0. The van der Waals surface area contributed by atoms with Crippen molar-refractivity contribution in [1.82, 2.24) is 15.1 Å². The monoisotopic (exact) mass is 384 g/mol. The number of nitrogens with one attached hydrogen (secondary N) is 2. The molecule has 0 unspecified atom stereocenters. The summed E-state index contributed by atoms with van der Waals surface area (Å²) in [5.41, 5.74) is -0.390. The third-order valence-electron chi connectivity index (χ3n) is 3.50. The average Bonchev–Trinajstić information content (AvgIpc) is 2.61. The van der Waals surface area contributed by atoms with Gasteiger partial charge in [-0.2, -0.15) is 5.10 Å². The first-order valence-electron chi connectivity index (χ1n) is 7.61. The molecule has 0 aliphatic heterocycles. The van der Waals surface area contributed by atoms with E-state index in [1.165, 1.54) is 19.2 Å². The van der Waals surface area contributed by atoms with Crippen molar-refractivity contribution in [3.63, 3.8) is 0 Å². The fourth-order valence-corrected chi connectivity index (χ4v) is 2.35. The van der Waals surface area contributed by atoms with Gasteiger partial charge in [0.2, 0.25) is 0 Å². The topological polar surface area (TPSA) is 116 Å². The van der Waals surface area contributed by atoms with Crippen molar-refractivity contribution in [1.29, 1.82) is 0 Å². The molecule has 10 heteroatoms. The fourth-order valence-electron chi connectivity index (χ4n) is 2.09. The Bertz CT molecular complexity index is 887. The number of aliphatic hydroxyl groups excluding tert-OH is 2. The van der Waals surface area contributed by atoms with Gasteiger partial charge in [-0.1, -0.05) is 17.7 Å². The molecule has 0 saturated heterocycles. The van der Waals surface area contributed by atoms with Crippen molar-refractivity contribution in [2.75, 3.05) is 18.5 Å². The largest absolute Gasteiger partial charge is 0.394 e. The number of hydrogen-bond donors (Lipinski definition) is 4. The van der Waals surface area contributed by atoms with Crippen LogP contribution in [0.3, 0.4) is 0 Å². The van der Waals surface area contributed by atoms with Crippen LogP contribution in [0.25, 0.3) is 0 Å². The molecule has 0 saturated carbocycles. The van der Waals surface area contributed by atoms with Gasteiger partial charge in [-0.25, -0.2) is 9.07 Å². The van der Waals surface area contributed by atoms with Crippen molar-refractivity contribution in [2.24, 2.45) is 7.05 Å².